The lowest BCUT2D eigenvalue weighted by Crippen LogP contribution is -2.12. The molecule has 2 aromatic rings. The van der Waals surface area contributed by atoms with Crippen molar-refractivity contribution in [2.24, 2.45) is 0 Å². The molecule has 2 N–H and O–H groups in total. The molecule has 0 aliphatic rings. The Morgan fingerprint density at radius 3 is 2.88 bits per heavy atom. The highest BCUT2D eigenvalue weighted by Crippen LogP contribution is 2.17. The minimum absolute atomic E-state index is 0.0960. The number of aromatic nitrogens is 1. The fourth-order valence-electron chi connectivity index (χ4n) is 1.57. The normalized spacial score (nSPS) is 10.2. The predicted octanol–water partition coefficient (Wildman–Crippen LogP) is 3.06. The predicted molar refractivity (Wildman–Crippen MR) is 73.3 cm³/mol. The highest BCUT2D eigenvalue weighted by molar-refractivity contribution is 9.10. The fourth-order valence-corrected chi connectivity index (χ4v) is 1.82. The summed E-state index contributed by atoms with van der Waals surface area (Å²) in [5.74, 6) is 0. The smallest absolute Gasteiger partial charge is 0.271 e. The van der Waals surface area contributed by atoms with Crippen LogP contribution in [0, 0.1) is 6.92 Å². The number of aromatic amines is 1. The minimum atomic E-state index is -0.0960. The van der Waals surface area contributed by atoms with Crippen LogP contribution in [0.2, 0.25) is 0 Å². The summed E-state index contributed by atoms with van der Waals surface area (Å²) in [7, 11) is 0. The van der Waals surface area contributed by atoms with Crippen molar-refractivity contribution in [1.82, 2.24) is 4.98 Å². The van der Waals surface area contributed by atoms with E-state index in [1.807, 2.05) is 19.1 Å². The summed E-state index contributed by atoms with van der Waals surface area (Å²) in [5, 5.41) is 3.12. The van der Waals surface area contributed by atoms with Crippen molar-refractivity contribution in [1.29, 1.82) is 0 Å². The molecule has 1 heterocycles. The summed E-state index contributed by atoms with van der Waals surface area (Å²) >= 11 is 3.46. The molecule has 0 fully saturated rings. The number of halogens is 1. The van der Waals surface area contributed by atoms with Crippen LogP contribution in [-0.2, 0) is 6.54 Å². The zero-order chi connectivity index (χ0) is 12.3. The second kappa shape index (κ2) is 5.19. The third kappa shape index (κ3) is 2.97. The lowest BCUT2D eigenvalue weighted by atomic mass is 10.1. The van der Waals surface area contributed by atoms with Crippen LogP contribution in [0.15, 0.2) is 45.8 Å². The largest absolute Gasteiger partial charge is 0.377 e. The van der Waals surface area contributed by atoms with Crippen molar-refractivity contribution >= 4 is 21.6 Å². The van der Waals surface area contributed by atoms with Gasteiger partial charge in [0.05, 0.1) is 0 Å². The summed E-state index contributed by atoms with van der Waals surface area (Å²) in [6.45, 7) is 2.68. The molecule has 0 aliphatic carbocycles. The Hall–Kier alpha value is -1.55. The first-order chi connectivity index (χ1) is 8.16. The minimum Gasteiger partial charge on any atom is -0.377 e. The standard InChI is InChI=1S/C13H13BrN2O/c1-9-7-10(4-5-11(9)14)8-16-12-3-2-6-15-13(12)17/h2-7,16H,8H2,1H3,(H,15,17). The van der Waals surface area contributed by atoms with Gasteiger partial charge in [-0.15, -0.1) is 0 Å². The molecule has 0 saturated carbocycles. The first kappa shape index (κ1) is 11.9. The van der Waals surface area contributed by atoms with Crippen molar-refractivity contribution in [2.75, 3.05) is 5.32 Å². The Bertz CT molecular complexity index is 578. The molecule has 0 unspecified atom stereocenters. The molecule has 17 heavy (non-hydrogen) atoms. The number of nitrogens with one attached hydrogen (secondary N) is 2. The van der Waals surface area contributed by atoms with Gasteiger partial charge in [-0.05, 0) is 36.2 Å². The average molecular weight is 293 g/mol. The van der Waals surface area contributed by atoms with E-state index in [1.165, 1.54) is 5.56 Å². The van der Waals surface area contributed by atoms with Gasteiger partial charge in [-0.3, -0.25) is 4.79 Å². The Kier molecular flexibility index (Phi) is 3.64. The molecule has 0 atom stereocenters. The van der Waals surface area contributed by atoms with Gasteiger partial charge < -0.3 is 10.3 Å². The van der Waals surface area contributed by atoms with Gasteiger partial charge in [0.1, 0.15) is 5.69 Å². The molecule has 0 aliphatic heterocycles. The summed E-state index contributed by atoms with van der Waals surface area (Å²) in [5.41, 5.74) is 2.83. The maximum atomic E-state index is 11.4. The lowest BCUT2D eigenvalue weighted by molar-refractivity contribution is 1.11. The Balaban J connectivity index is 2.10. The van der Waals surface area contributed by atoms with Crippen molar-refractivity contribution in [3.8, 4) is 0 Å². The van der Waals surface area contributed by atoms with Gasteiger partial charge in [-0.1, -0.05) is 28.1 Å². The van der Waals surface area contributed by atoms with Gasteiger partial charge in [-0.2, -0.15) is 0 Å². The second-order valence-electron chi connectivity index (χ2n) is 3.85. The zero-order valence-electron chi connectivity index (χ0n) is 9.46. The Labute approximate surface area is 108 Å². The third-order valence-electron chi connectivity index (χ3n) is 2.52. The molecular formula is C13H13BrN2O. The molecule has 4 heteroatoms. The van der Waals surface area contributed by atoms with Gasteiger partial charge in [0.15, 0.2) is 0 Å². The number of hydrogen-bond acceptors (Lipinski definition) is 2. The van der Waals surface area contributed by atoms with E-state index in [0.717, 1.165) is 10.0 Å². The summed E-state index contributed by atoms with van der Waals surface area (Å²) in [4.78, 5) is 14.1. The quantitative estimate of drug-likeness (QED) is 0.913. The van der Waals surface area contributed by atoms with Crippen LogP contribution in [0.3, 0.4) is 0 Å². The van der Waals surface area contributed by atoms with Crippen molar-refractivity contribution in [3.05, 3.63) is 62.5 Å². The molecule has 3 nitrogen and oxygen atoms in total. The topological polar surface area (TPSA) is 44.9 Å². The van der Waals surface area contributed by atoms with Crippen LogP contribution in [0.1, 0.15) is 11.1 Å². The molecule has 0 bridgehead atoms. The molecule has 0 spiro atoms. The van der Waals surface area contributed by atoms with Gasteiger partial charge in [-0.25, -0.2) is 0 Å². The van der Waals surface area contributed by atoms with Crippen LogP contribution in [0.4, 0.5) is 5.69 Å². The number of rotatable bonds is 3. The van der Waals surface area contributed by atoms with Crippen molar-refractivity contribution < 1.29 is 0 Å². The molecule has 0 amide bonds. The zero-order valence-corrected chi connectivity index (χ0v) is 11.0. The molecule has 1 aromatic heterocycles. The third-order valence-corrected chi connectivity index (χ3v) is 3.41. The van der Waals surface area contributed by atoms with Crippen molar-refractivity contribution in [3.63, 3.8) is 0 Å². The Morgan fingerprint density at radius 1 is 1.35 bits per heavy atom. The van der Waals surface area contributed by atoms with Crippen LogP contribution in [-0.4, -0.2) is 4.98 Å². The van der Waals surface area contributed by atoms with E-state index in [0.29, 0.717) is 12.2 Å². The number of benzene rings is 1. The first-order valence-corrected chi connectivity index (χ1v) is 6.13. The maximum Gasteiger partial charge on any atom is 0.271 e. The molecule has 0 radical (unpaired) electrons. The number of pyridine rings is 1. The molecule has 88 valence electrons. The summed E-state index contributed by atoms with van der Waals surface area (Å²) in [6, 6.07) is 9.71. The monoisotopic (exact) mass is 292 g/mol. The van der Waals surface area contributed by atoms with E-state index in [-0.39, 0.29) is 5.56 Å². The first-order valence-electron chi connectivity index (χ1n) is 5.33. The maximum absolute atomic E-state index is 11.4. The van der Waals surface area contributed by atoms with E-state index >= 15 is 0 Å². The SMILES string of the molecule is Cc1cc(CNc2ccc[nH]c2=O)ccc1Br. The van der Waals surface area contributed by atoms with E-state index < -0.39 is 0 Å². The van der Waals surface area contributed by atoms with Gasteiger partial charge in [0.2, 0.25) is 0 Å². The van der Waals surface area contributed by atoms with E-state index in [4.69, 9.17) is 0 Å². The van der Waals surface area contributed by atoms with Crippen LogP contribution in [0.25, 0.3) is 0 Å². The van der Waals surface area contributed by atoms with Crippen LogP contribution >= 0.6 is 15.9 Å². The summed E-state index contributed by atoms with van der Waals surface area (Å²) < 4.78 is 1.10. The molecule has 1 aromatic carbocycles. The summed E-state index contributed by atoms with van der Waals surface area (Å²) in [6.07, 6.45) is 1.62. The fraction of sp³-hybridized carbons (Fsp3) is 0.154. The van der Waals surface area contributed by atoms with Gasteiger partial charge in [0, 0.05) is 17.2 Å². The highest BCUT2D eigenvalue weighted by atomic mass is 79.9. The molecule has 2 rings (SSSR count). The number of hydrogen-bond donors (Lipinski definition) is 2. The van der Waals surface area contributed by atoms with E-state index in [2.05, 4.69) is 32.3 Å². The Morgan fingerprint density at radius 2 is 2.18 bits per heavy atom. The average Bonchev–Trinajstić information content (AvgIpc) is 2.32. The van der Waals surface area contributed by atoms with E-state index in [9.17, 15) is 4.79 Å². The van der Waals surface area contributed by atoms with Gasteiger partial charge in [0.25, 0.3) is 5.56 Å². The number of H-pyrrole nitrogens is 1. The number of aryl methyl sites for hydroxylation is 1. The molecular weight excluding hydrogens is 280 g/mol. The van der Waals surface area contributed by atoms with E-state index in [1.54, 1.807) is 18.3 Å². The molecule has 0 saturated heterocycles. The number of anilines is 1. The van der Waals surface area contributed by atoms with Crippen molar-refractivity contribution in [2.45, 2.75) is 13.5 Å². The lowest BCUT2D eigenvalue weighted by Gasteiger charge is -2.07. The van der Waals surface area contributed by atoms with Gasteiger partial charge >= 0.3 is 0 Å². The van der Waals surface area contributed by atoms with Crippen LogP contribution in [0.5, 0.6) is 0 Å². The second-order valence-corrected chi connectivity index (χ2v) is 4.70. The highest BCUT2D eigenvalue weighted by Gasteiger charge is 1.99. The van der Waals surface area contributed by atoms with Crippen LogP contribution < -0.4 is 10.9 Å².